The molecule has 2 N–H and O–H groups in total. The fourth-order valence-electron chi connectivity index (χ4n) is 1.03. The van der Waals surface area contributed by atoms with E-state index in [1.165, 1.54) is 0 Å². The second-order valence-corrected chi connectivity index (χ2v) is 4.12. The van der Waals surface area contributed by atoms with Crippen molar-refractivity contribution in [3.63, 3.8) is 0 Å². The van der Waals surface area contributed by atoms with Crippen LogP contribution in [0.3, 0.4) is 0 Å². The molecule has 1 unspecified atom stereocenters. The molecule has 1 atom stereocenters. The maximum absolute atomic E-state index is 5.50. The molecule has 4 heteroatoms. The van der Waals surface area contributed by atoms with Crippen molar-refractivity contribution in [1.82, 2.24) is 0 Å². The average Bonchev–Trinajstić information content (AvgIpc) is 2.16. The van der Waals surface area contributed by atoms with E-state index in [1.807, 2.05) is 18.2 Å². The number of thiol groups is 1. The molecular weight excluding hydrogens is 250 g/mol. The van der Waals surface area contributed by atoms with E-state index in [0.29, 0.717) is 6.54 Å². The van der Waals surface area contributed by atoms with E-state index < -0.39 is 0 Å². The summed E-state index contributed by atoms with van der Waals surface area (Å²) >= 11 is 7.75. The minimum Gasteiger partial charge on any atom is -0.496 e. The van der Waals surface area contributed by atoms with Gasteiger partial charge in [-0.1, -0.05) is 6.07 Å². The van der Waals surface area contributed by atoms with Crippen LogP contribution in [0.2, 0.25) is 0 Å². The Balaban J connectivity index is 2.95. The SMILES string of the molecule is COc1ccc(C(S)CN)cc1Br. The van der Waals surface area contributed by atoms with Crippen LogP contribution in [0, 0.1) is 0 Å². The molecule has 0 radical (unpaired) electrons. The maximum Gasteiger partial charge on any atom is 0.133 e. The van der Waals surface area contributed by atoms with E-state index >= 15 is 0 Å². The number of hydrogen-bond acceptors (Lipinski definition) is 3. The molecule has 1 aromatic carbocycles. The van der Waals surface area contributed by atoms with Crippen LogP contribution in [-0.4, -0.2) is 13.7 Å². The molecule has 72 valence electrons. The molecule has 0 aliphatic carbocycles. The van der Waals surface area contributed by atoms with Crippen molar-refractivity contribution in [1.29, 1.82) is 0 Å². The van der Waals surface area contributed by atoms with Crippen LogP contribution in [0.4, 0.5) is 0 Å². The van der Waals surface area contributed by atoms with E-state index in [4.69, 9.17) is 10.5 Å². The zero-order valence-electron chi connectivity index (χ0n) is 7.33. The molecule has 0 spiro atoms. The van der Waals surface area contributed by atoms with Crippen molar-refractivity contribution < 1.29 is 4.74 Å². The van der Waals surface area contributed by atoms with Crippen LogP contribution in [-0.2, 0) is 0 Å². The van der Waals surface area contributed by atoms with E-state index in [2.05, 4.69) is 28.6 Å². The van der Waals surface area contributed by atoms with Crippen LogP contribution < -0.4 is 10.5 Å². The molecule has 0 aliphatic heterocycles. The van der Waals surface area contributed by atoms with Crippen molar-refractivity contribution in [2.24, 2.45) is 5.73 Å². The molecule has 13 heavy (non-hydrogen) atoms. The van der Waals surface area contributed by atoms with Crippen molar-refractivity contribution >= 4 is 28.6 Å². The van der Waals surface area contributed by atoms with Gasteiger partial charge in [0.2, 0.25) is 0 Å². The molecule has 0 bridgehead atoms. The predicted molar refractivity (Wildman–Crippen MR) is 61.5 cm³/mol. The van der Waals surface area contributed by atoms with Crippen LogP contribution >= 0.6 is 28.6 Å². The van der Waals surface area contributed by atoms with Crippen LogP contribution in [0.1, 0.15) is 10.8 Å². The first-order valence-corrected chi connectivity index (χ1v) is 5.21. The Labute approximate surface area is 92.0 Å². The van der Waals surface area contributed by atoms with E-state index in [0.717, 1.165) is 15.8 Å². The zero-order chi connectivity index (χ0) is 9.84. The molecule has 1 aromatic rings. The fourth-order valence-corrected chi connectivity index (χ4v) is 1.74. The molecule has 0 saturated heterocycles. The van der Waals surface area contributed by atoms with Crippen molar-refractivity contribution in [2.45, 2.75) is 5.25 Å². The molecule has 0 saturated carbocycles. The minimum absolute atomic E-state index is 0.0854. The van der Waals surface area contributed by atoms with Gasteiger partial charge >= 0.3 is 0 Å². The van der Waals surface area contributed by atoms with Gasteiger partial charge in [0.1, 0.15) is 5.75 Å². The lowest BCUT2D eigenvalue weighted by atomic mass is 10.1. The highest BCUT2D eigenvalue weighted by Gasteiger charge is 2.06. The average molecular weight is 262 g/mol. The Kier molecular flexibility index (Phi) is 4.09. The van der Waals surface area contributed by atoms with Gasteiger partial charge in [0.05, 0.1) is 11.6 Å². The molecule has 0 aromatic heterocycles. The highest BCUT2D eigenvalue weighted by molar-refractivity contribution is 9.10. The number of benzene rings is 1. The summed E-state index contributed by atoms with van der Waals surface area (Å²) in [5, 5.41) is 0.0854. The Hall–Kier alpha value is -0.190. The third-order valence-electron chi connectivity index (χ3n) is 1.78. The minimum atomic E-state index is 0.0854. The van der Waals surface area contributed by atoms with Gasteiger partial charge < -0.3 is 10.5 Å². The van der Waals surface area contributed by atoms with Gasteiger partial charge in [0, 0.05) is 11.8 Å². The fraction of sp³-hybridized carbons (Fsp3) is 0.333. The van der Waals surface area contributed by atoms with Gasteiger partial charge in [-0.25, -0.2) is 0 Å². The lowest BCUT2D eigenvalue weighted by molar-refractivity contribution is 0.412. The van der Waals surface area contributed by atoms with Crippen LogP contribution in [0.25, 0.3) is 0 Å². The van der Waals surface area contributed by atoms with Gasteiger partial charge in [-0.15, -0.1) is 0 Å². The van der Waals surface area contributed by atoms with Crippen molar-refractivity contribution in [3.8, 4) is 5.75 Å². The predicted octanol–water partition coefficient (Wildman–Crippen LogP) is 2.39. The maximum atomic E-state index is 5.50. The molecule has 0 amide bonds. The Bertz CT molecular complexity index is 293. The number of hydrogen-bond donors (Lipinski definition) is 2. The van der Waals surface area contributed by atoms with Crippen molar-refractivity contribution in [3.05, 3.63) is 28.2 Å². The summed E-state index contributed by atoms with van der Waals surface area (Å²) in [6, 6.07) is 5.84. The monoisotopic (exact) mass is 261 g/mol. The van der Waals surface area contributed by atoms with Gasteiger partial charge in [-0.2, -0.15) is 12.6 Å². The summed E-state index contributed by atoms with van der Waals surface area (Å²) in [4.78, 5) is 0. The number of halogens is 1. The standard InChI is InChI=1S/C9H12BrNOS/c1-12-8-3-2-6(4-7(8)10)9(13)5-11/h2-4,9,13H,5,11H2,1H3. The first-order valence-electron chi connectivity index (χ1n) is 3.90. The molecule has 0 aliphatic rings. The molecule has 0 fully saturated rings. The van der Waals surface area contributed by atoms with E-state index in [1.54, 1.807) is 7.11 Å². The largest absolute Gasteiger partial charge is 0.496 e. The smallest absolute Gasteiger partial charge is 0.133 e. The zero-order valence-corrected chi connectivity index (χ0v) is 9.81. The van der Waals surface area contributed by atoms with Crippen LogP contribution in [0.15, 0.2) is 22.7 Å². The quantitative estimate of drug-likeness (QED) is 0.820. The summed E-state index contributed by atoms with van der Waals surface area (Å²) < 4.78 is 6.04. The highest BCUT2D eigenvalue weighted by atomic mass is 79.9. The third kappa shape index (κ3) is 2.62. The molecule has 2 nitrogen and oxygen atoms in total. The van der Waals surface area contributed by atoms with Crippen molar-refractivity contribution in [2.75, 3.05) is 13.7 Å². The molecular formula is C9H12BrNOS. The number of nitrogens with two attached hydrogens (primary N) is 1. The first-order chi connectivity index (χ1) is 6.19. The topological polar surface area (TPSA) is 35.2 Å². The van der Waals surface area contributed by atoms with E-state index in [9.17, 15) is 0 Å². The molecule has 1 rings (SSSR count). The van der Waals surface area contributed by atoms with Gasteiger partial charge in [0.15, 0.2) is 0 Å². The summed E-state index contributed by atoms with van der Waals surface area (Å²) in [6.07, 6.45) is 0. The van der Waals surface area contributed by atoms with Crippen LogP contribution in [0.5, 0.6) is 5.75 Å². The van der Waals surface area contributed by atoms with Gasteiger partial charge in [-0.3, -0.25) is 0 Å². The Morgan fingerprint density at radius 3 is 2.77 bits per heavy atom. The summed E-state index contributed by atoms with van der Waals surface area (Å²) in [6.45, 7) is 0.530. The number of ether oxygens (including phenoxy) is 1. The number of rotatable bonds is 3. The normalized spacial score (nSPS) is 12.6. The van der Waals surface area contributed by atoms with E-state index in [-0.39, 0.29) is 5.25 Å². The number of methoxy groups -OCH3 is 1. The van der Waals surface area contributed by atoms with Gasteiger partial charge in [0.25, 0.3) is 0 Å². The molecule has 0 heterocycles. The summed E-state index contributed by atoms with van der Waals surface area (Å²) in [7, 11) is 1.64. The van der Waals surface area contributed by atoms with Gasteiger partial charge in [-0.05, 0) is 33.6 Å². The highest BCUT2D eigenvalue weighted by Crippen LogP contribution is 2.29. The third-order valence-corrected chi connectivity index (χ3v) is 2.91. The summed E-state index contributed by atoms with van der Waals surface area (Å²) in [5.74, 6) is 0.821. The Morgan fingerprint density at radius 2 is 2.31 bits per heavy atom. The second kappa shape index (κ2) is 4.88. The second-order valence-electron chi connectivity index (χ2n) is 2.65. The lowest BCUT2D eigenvalue weighted by Gasteiger charge is -2.10. The Morgan fingerprint density at radius 1 is 1.62 bits per heavy atom. The summed E-state index contributed by atoms with van der Waals surface area (Å²) in [5.41, 5.74) is 6.60. The first kappa shape index (κ1) is 10.9. The lowest BCUT2D eigenvalue weighted by Crippen LogP contribution is -2.06.